The summed E-state index contributed by atoms with van der Waals surface area (Å²) < 4.78 is 14.6. The van der Waals surface area contributed by atoms with Crippen LogP contribution in [-0.4, -0.2) is 51.7 Å². The van der Waals surface area contributed by atoms with Gasteiger partial charge < -0.3 is 5.32 Å². The largest absolute Gasteiger partial charge is 0.306 e. The monoisotopic (exact) mass is 367 g/mol. The van der Waals surface area contributed by atoms with Crippen molar-refractivity contribution in [3.8, 4) is 0 Å². The van der Waals surface area contributed by atoms with E-state index in [2.05, 4.69) is 25.5 Å². The van der Waals surface area contributed by atoms with E-state index in [-0.39, 0.29) is 17.3 Å². The molecule has 1 N–H and O–H groups in total. The maximum absolute atomic E-state index is 13.4. The molecule has 2 aliphatic rings. The summed E-state index contributed by atoms with van der Waals surface area (Å²) in [5.41, 5.74) is 0.732. The van der Waals surface area contributed by atoms with Crippen molar-refractivity contribution in [2.75, 3.05) is 12.4 Å². The van der Waals surface area contributed by atoms with Crippen LogP contribution in [0.25, 0.3) is 0 Å². The first kappa shape index (κ1) is 16.8. The lowest BCUT2D eigenvalue weighted by Crippen LogP contribution is -2.35. The SMILES string of the molecule is Cc1cc(NC(=O)c2cccc(F)c2)n(C2=NC(=O)C3C=NN(C)C3=N2)n1. The summed E-state index contributed by atoms with van der Waals surface area (Å²) in [6, 6.07) is 6.91. The van der Waals surface area contributed by atoms with Crippen LogP contribution in [0.4, 0.5) is 10.2 Å². The molecular formula is C17H14FN7O2. The van der Waals surface area contributed by atoms with Crippen LogP contribution in [0.1, 0.15) is 16.1 Å². The average Bonchev–Trinajstić information content (AvgIpc) is 3.18. The summed E-state index contributed by atoms with van der Waals surface area (Å²) in [6.07, 6.45) is 1.47. The molecule has 2 aromatic rings. The normalized spacial score (nSPS) is 18.3. The van der Waals surface area contributed by atoms with E-state index in [1.165, 1.54) is 34.1 Å². The minimum Gasteiger partial charge on any atom is -0.306 e. The number of nitrogens with zero attached hydrogens (tertiary/aromatic N) is 6. The van der Waals surface area contributed by atoms with Gasteiger partial charge in [-0.05, 0) is 25.1 Å². The number of anilines is 1. The third-order valence-electron chi connectivity index (χ3n) is 4.04. The number of halogens is 1. The zero-order chi connectivity index (χ0) is 19.1. The van der Waals surface area contributed by atoms with E-state index in [0.29, 0.717) is 11.5 Å². The van der Waals surface area contributed by atoms with Crippen LogP contribution >= 0.6 is 0 Å². The summed E-state index contributed by atoms with van der Waals surface area (Å²) in [6.45, 7) is 1.72. The Morgan fingerprint density at radius 3 is 2.85 bits per heavy atom. The second-order valence-corrected chi connectivity index (χ2v) is 6.03. The van der Waals surface area contributed by atoms with Crippen LogP contribution in [0.15, 0.2) is 45.4 Å². The molecule has 0 spiro atoms. The van der Waals surface area contributed by atoms with E-state index in [9.17, 15) is 14.0 Å². The molecule has 27 heavy (non-hydrogen) atoms. The maximum atomic E-state index is 13.4. The molecule has 2 aliphatic heterocycles. The number of fused-ring (bicyclic) bond motifs is 1. The summed E-state index contributed by atoms with van der Waals surface area (Å²) >= 11 is 0. The third-order valence-corrected chi connectivity index (χ3v) is 4.04. The summed E-state index contributed by atoms with van der Waals surface area (Å²) in [4.78, 5) is 33.0. The highest BCUT2D eigenvalue weighted by molar-refractivity contribution is 6.24. The first-order chi connectivity index (χ1) is 12.9. The number of amides is 2. The minimum absolute atomic E-state index is 0.0197. The number of carbonyl (C=O) groups excluding carboxylic acids is 2. The molecule has 1 aromatic carbocycles. The summed E-state index contributed by atoms with van der Waals surface area (Å²) in [7, 11) is 1.67. The molecule has 1 unspecified atom stereocenters. The predicted octanol–water partition coefficient (Wildman–Crippen LogP) is 1.27. The minimum atomic E-state index is -0.610. The van der Waals surface area contributed by atoms with E-state index in [0.717, 1.165) is 6.07 Å². The number of aryl methyl sites for hydroxylation is 1. The fraction of sp³-hybridized carbons (Fsp3) is 0.176. The smallest absolute Gasteiger partial charge is 0.265 e. The second-order valence-electron chi connectivity index (χ2n) is 6.03. The highest BCUT2D eigenvalue weighted by Crippen LogP contribution is 2.19. The summed E-state index contributed by atoms with van der Waals surface area (Å²) in [5.74, 6) is -1.36. The molecule has 1 atom stereocenters. The molecular weight excluding hydrogens is 353 g/mol. The van der Waals surface area contributed by atoms with Gasteiger partial charge in [-0.2, -0.15) is 24.9 Å². The maximum Gasteiger partial charge on any atom is 0.265 e. The fourth-order valence-corrected chi connectivity index (χ4v) is 2.76. The number of rotatable bonds is 2. The number of amidine groups is 1. The van der Waals surface area contributed by atoms with Gasteiger partial charge in [-0.25, -0.2) is 4.39 Å². The van der Waals surface area contributed by atoms with Gasteiger partial charge in [-0.15, -0.1) is 0 Å². The van der Waals surface area contributed by atoms with Crippen molar-refractivity contribution in [2.45, 2.75) is 6.92 Å². The van der Waals surface area contributed by atoms with Gasteiger partial charge in [-0.1, -0.05) is 6.07 Å². The Balaban J connectivity index is 1.67. The number of aliphatic imine (C=N–C) groups is 2. The number of hydrazone groups is 1. The zero-order valence-electron chi connectivity index (χ0n) is 14.4. The number of benzene rings is 1. The van der Waals surface area contributed by atoms with Gasteiger partial charge in [-0.3, -0.25) is 14.6 Å². The first-order valence-electron chi connectivity index (χ1n) is 8.05. The molecule has 136 valence electrons. The quantitative estimate of drug-likeness (QED) is 0.863. The fourth-order valence-electron chi connectivity index (χ4n) is 2.76. The first-order valence-corrected chi connectivity index (χ1v) is 8.05. The van der Waals surface area contributed by atoms with E-state index in [4.69, 9.17) is 0 Å². The van der Waals surface area contributed by atoms with Crippen molar-refractivity contribution >= 4 is 35.6 Å². The Bertz CT molecular complexity index is 1050. The van der Waals surface area contributed by atoms with Crippen LogP contribution in [-0.2, 0) is 4.79 Å². The second kappa shape index (κ2) is 6.24. The lowest BCUT2D eigenvalue weighted by molar-refractivity contribution is -0.118. The number of hydrogen-bond donors (Lipinski definition) is 1. The highest BCUT2D eigenvalue weighted by atomic mass is 19.1. The third kappa shape index (κ3) is 3.01. The van der Waals surface area contributed by atoms with Crippen molar-refractivity contribution in [1.29, 1.82) is 0 Å². The summed E-state index contributed by atoms with van der Waals surface area (Å²) in [5, 5.41) is 12.4. The van der Waals surface area contributed by atoms with Crippen molar-refractivity contribution < 1.29 is 14.0 Å². The Hall–Kier alpha value is -3.69. The van der Waals surface area contributed by atoms with Crippen molar-refractivity contribution in [1.82, 2.24) is 14.8 Å². The van der Waals surface area contributed by atoms with Gasteiger partial charge in [0, 0.05) is 24.9 Å². The molecule has 2 amide bonds. The predicted molar refractivity (Wildman–Crippen MR) is 96.3 cm³/mol. The van der Waals surface area contributed by atoms with Crippen molar-refractivity contribution in [2.24, 2.45) is 21.0 Å². The van der Waals surface area contributed by atoms with E-state index in [1.54, 1.807) is 20.0 Å². The van der Waals surface area contributed by atoms with Crippen molar-refractivity contribution in [3.63, 3.8) is 0 Å². The Kier molecular flexibility index (Phi) is 3.87. The van der Waals surface area contributed by atoms with Crippen molar-refractivity contribution in [3.05, 3.63) is 47.4 Å². The molecule has 10 heteroatoms. The van der Waals surface area contributed by atoms with E-state index in [1.807, 2.05) is 0 Å². The Labute approximate surface area is 152 Å². The lowest BCUT2D eigenvalue weighted by atomic mass is 10.1. The van der Waals surface area contributed by atoms with E-state index >= 15 is 0 Å². The molecule has 3 heterocycles. The zero-order valence-corrected chi connectivity index (χ0v) is 14.4. The van der Waals surface area contributed by atoms with Gasteiger partial charge in [0.15, 0.2) is 0 Å². The number of carbonyl (C=O) groups is 2. The molecule has 9 nitrogen and oxygen atoms in total. The van der Waals surface area contributed by atoms with Gasteiger partial charge in [0.2, 0.25) is 0 Å². The number of hydrogen-bond acceptors (Lipinski definition) is 6. The number of nitrogens with one attached hydrogen (secondary N) is 1. The lowest BCUT2D eigenvalue weighted by Gasteiger charge is -2.17. The molecule has 0 radical (unpaired) electrons. The molecule has 4 rings (SSSR count). The van der Waals surface area contributed by atoms with Crippen LogP contribution in [0.2, 0.25) is 0 Å². The van der Waals surface area contributed by atoms with Gasteiger partial charge in [0.1, 0.15) is 23.4 Å². The van der Waals surface area contributed by atoms with Gasteiger partial charge >= 0.3 is 0 Å². The Morgan fingerprint density at radius 2 is 2.07 bits per heavy atom. The van der Waals surface area contributed by atoms with Crippen LogP contribution < -0.4 is 5.32 Å². The van der Waals surface area contributed by atoms with Gasteiger partial charge in [0.05, 0.1) is 5.69 Å². The molecule has 1 aromatic heterocycles. The van der Waals surface area contributed by atoms with Crippen LogP contribution in [0.5, 0.6) is 0 Å². The number of aromatic nitrogens is 2. The molecule has 0 saturated heterocycles. The molecule has 0 saturated carbocycles. The molecule has 0 aliphatic carbocycles. The highest BCUT2D eigenvalue weighted by Gasteiger charge is 2.35. The molecule has 0 bridgehead atoms. The molecule has 0 fully saturated rings. The van der Waals surface area contributed by atoms with Gasteiger partial charge in [0.25, 0.3) is 17.8 Å². The van der Waals surface area contributed by atoms with Crippen LogP contribution in [0, 0.1) is 18.7 Å². The average molecular weight is 367 g/mol. The standard InChI is InChI=1S/C17H14FN7O2/c1-9-6-13(20-15(26)10-4-3-5-11(18)7-10)25(23-9)17-21-14-12(16(27)22-17)8-19-24(14)2/h3-8,12H,1-2H3,(H,20,26). The van der Waals surface area contributed by atoms with E-state index < -0.39 is 23.5 Å². The van der Waals surface area contributed by atoms with Crippen LogP contribution in [0.3, 0.4) is 0 Å². The Morgan fingerprint density at radius 1 is 1.26 bits per heavy atom. The topological polar surface area (TPSA) is 104 Å².